The molecule has 23 heavy (non-hydrogen) atoms. The van der Waals surface area contributed by atoms with Gasteiger partial charge in [0.2, 0.25) is 11.8 Å². The van der Waals surface area contributed by atoms with E-state index in [9.17, 15) is 4.79 Å². The molecule has 0 aromatic carbocycles. The van der Waals surface area contributed by atoms with Crippen LogP contribution in [-0.4, -0.2) is 32.6 Å². The zero-order valence-electron chi connectivity index (χ0n) is 14.0. The van der Waals surface area contributed by atoms with Crippen LogP contribution in [0, 0.1) is 13.8 Å². The number of aryl methyl sites for hydroxylation is 3. The maximum atomic E-state index is 13.0. The van der Waals surface area contributed by atoms with Crippen LogP contribution in [0.3, 0.4) is 0 Å². The van der Waals surface area contributed by atoms with Gasteiger partial charge in [-0.2, -0.15) is 4.98 Å². The Morgan fingerprint density at radius 1 is 1.35 bits per heavy atom. The van der Waals surface area contributed by atoms with Crippen molar-refractivity contribution in [3.63, 3.8) is 0 Å². The number of hydrogen-bond acceptors (Lipinski definition) is 6. The van der Waals surface area contributed by atoms with Crippen LogP contribution in [0.25, 0.3) is 0 Å². The molecule has 7 nitrogen and oxygen atoms in total. The Morgan fingerprint density at radius 3 is 2.74 bits per heavy atom. The van der Waals surface area contributed by atoms with Gasteiger partial charge >= 0.3 is 0 Å². The first-order valence-corrected chi connectivity index (χ1v) is 8.08. The van der Waals surface area contributed by atoms with Crippen molar-refractivity contribution in [2.24, 2.45) is 0 Å². The molecule has 3 heterocycles. The first kappa shape index (κ1) is 15.7. The van der Waals surface area contributed by atoms with Gasteiger partial charge in [-0.1, -0.05) is 17.2 Å². The molecule has 124 valence electrons. The maximum Gasteiger partial charge on any atom is 0.230 e. The summed E-state index contributed by atoms with van der Waals surface area (Å²) in [5.41, 5.74) is 1.65. The Balaban J connectivity index is 1.83. The third kappa shape index (κ3) is 2.75. The van der Waals surface area contributed by atoms with E-state index < -0.39 is 0 Å². The first-order chi connectivity index (χ1) is 11.0. The van der Waals surface area contributed by atoms with Gasteiger partial charge in [-0.15, -0.1) is 0 Å². The predicted molar refractivity (Wildman–Crippen MR) is 81.8 cm³/mol. The molecule has 1 amide bonds. The fourth-order valence-corrected chi connectivity index (χ4v) is 3.33. The SMILES string of the molecule is CCc1nc([C@H]2CCCN2C(=O)[C@@H](C)c2c(C)noc2C)no1. The van der Waals surface area contributed by atoms with Crippen LogP contribution in [0.5, 0.6) is 0 Å². The lowest BCUT2D eigenvalue weighted by molar-refractivity contribution is -0.133. The number of hydrogen-bond donors (Lipinski definition) is 0. The van der Waals surface area contributed by atoms with E-state index in [2.05, 4.69) is 15.3 Å². The highest BCUT2D eigenvalue weighted by atomic mass is 16.5. The van der Waals surface area contributed by atoms with Crippen molar-refractivity contribution in [1.82, 2.24) is 20.2 Å². The molecule has 0 aliphatic carbocycles. The standard InChI is InChI=1S/C16H22N4O3/c1-5-13-17-15(19-23-13)12-7-6-8-20(12)16(21)9(2)14-10(3)18-22-11(14)4/h9,12H,5-8H2,1-4H3/t9-,12+/m0/s1. The summed E-state index contributed by atoms with van der Waals surface area (Å²) < 4.78 is 10.4. The summed E-state index contributed by atoms with van der Waals surface area (Å²) in [7, 11) is 0. The lowest BCUT2D eigenvalue weighted by Crippen LogP contribution is -2.34. The second-order valence-electron chi connectivity index (χ2n) is 6.05. The highest BCUT2D eigenvalue weighted by Gasteiger charge is 2.37. The van der Waals surface area contributed by atoms with Crippen molar-refractivity contribution >= 4 is 5.91 Å². The predicted octanol–water partition coefficient (Wildman–Crippen LogP) is 2.70. The molecule has 7 heteroatoms. The summed E-state index contributed by atoms with van der Waals surface area (Å²) in [4.78, 5) is 19.2. The average molecular weight is 318 g/mol. The quantitative estimate of drug-likeness (QED) is 0.861. The van der Waals surface area contributed by atoms with Crippen LogP contribution >= 0.6 is 0 Å². The third-order valence-corrected chi connectivity index (χ3v) is 4.51. The van der Waals surface area contributed by atoms with Crippen molar-refractivity contribution in [2.45, 2.75) is 58.9 Å². The molecule has 3 rings (SSSR count). The summed E-state index contributed by atoms with van der Waals surface area (Å²) in [5.74, 6) is 1.69. The smallest absolute Gasteiger partial charge is 0.230 e. The van der Waals surface area contributed by atoms with Crippen LogP contribution in [0.4, 0.5) is 0 Å². The van der Waals surface area contributed by atoms with Crippen LogP contribution in [0.1, 0.15) is 67.4 Å². The Morgan fingerprint density at radius 2 is 2.13 bits per heavy atom. The lowest BCUT2D eigenvalue weighted by Gasteiger charge is -2.25. The molecule has 1 saturated heterocycles. The van der Waals surface area contributed by atoms with E-state index in [4.69, 9.17) is 9.05 Å². The Labute approximate surface area is 135 Å². The molecular weight excluding hydrogens is 296 g/mol. The van der Waals surface area contributed by atoms with Crippen LogP contribution in [0.2, 0.25) is 0 Å². The number of amides is 1. The number of likely N-dealkylation sites (tertiary alicyclic amines) is 1. The van der Waals surface area contributed by atoms with Crippen molar-refractivity contribution in [3.05, 3.63) is 28.7 Å². The molecular formula is C16H22N4O3. The summed E-state index contributed by atoms with van der Waals surface area (Å²) in [6.45, 7) is 8.29. The zero-order chi connectivity index (χ0) is 16.6. The monoisotopic (exact) mass is 318 g/mol. The van der Waals surface area contributed by atoms with Gasteiger partial charge in [-0.05, 0) is 33.6 Å². The number of carbonyl (C=O) groups is 1. The molecule has 0 bridgehead atoms. The summed E-state index contributed by atoms with van der Waals surface area (Å²) >= 11 is 0. The van der Waals surface area contributed by atoms with E-state index in [1.165, 1.54) is 0 Å². The Bertz CT molecular complexity index is 686. The van der Waals surface area contributed by atoms with E-state index >= 15 is 0 Å². The third-order valence-electron chi connectivity index (χ3n) is 4.51. The molecule has 1 fully saturated rings. The van der Waals surface area contributed by atoms with Crippen molar-refractivity contribution < 1.29 is 13.8 Å². The molecule has 1 aliphatic heterocycles. The largest absolute Gasteiger partial charge is 0.361 e. The molecule has 2 aromatic heterocycles. The van der Waals surface area contributed by atoms with Gasteiger partial charge in [0.05, 0.1) is 17.7 Å². The van der Waals surface area contributed by atoms with Crippen LogP contribution in [0.15, 0.2) is 9.05 Å². The Hall–Kier alpha value is -2.18. The van der Waals surface area contributed by atoms with Gasteiger partial charge in [0, 0.05) is 18.5 Å². The normalized spacial score (nSPS) is 19.3. The minimum Gasteiger partial charge on any atom is -0.361 e. The van der Waals surface area contributed by atoms with E-state index in [-0.39, 0.29) is 17.9 Å². The summed E-state index contributed by atoms with van der Waals surface area (Å²) in [6.07, 6.45) is 2.51. The summed E-state index contributed by atoms with van der Waals surface area (Å²) in [5, 5.41) is 8.00. The number of rotatable bonds is 4. The van der Waals surface area contributed by atoms with Gasteiger partial charge < -0.3 is 13.9 Å². The molecule has 2 atom stereocenters. The van der Waals surface area contributed by atoms with E-state index in [1.54, 1.807) is 0 Å². The fraction of sp³-hybridized carbons (Fsp3) is 0.625. The zero-order valence-corrected chi connectivity index (χ0v) is 14.0. The summed E-state index contributed by atoms with van der Waals surface area (Å²) in [6, 6.07) is -0.102. The molecule has 1 aliphatic rings. The molecule has 0 unspecified atom stereocenters. The first-order valence-electron chi connectivity index (χ1n) is 8.08. The minimum absolute atomic E-state index is 0.0600. The van der Waals surface area contributed by atoms with E-state index in [0.717, 1.165) is 24.1 Å². The van der Waals surface area contributed by atoms with Crippen molar-refractivity contribution in [1.29, 1.82) is 0 Å². The molecule has 0 N–H and O–H groups in total. The highest BCUT2D eigenvalue weighted by molar-refractivity contribution is 5.84. The van der Waals surface area contributed by atoms with Gasteiger partial charge in [0.1, 0.15) is 5.76 Å². The van der Waals surface area contributed by atoms with Gasteiger partial charge in [-0.25, -0.2) is 0 Å². The van der Waals surface area contributed by atoms with Crippen LogP contribution in [-0.2, 0) is 11.2 Å². The van der Waals surface area contributed by atoms with Crippen LogP contribution < -0.4 is 0 Å². The molecule has 0 saturated carbocycles. The molecule has 0 spiro atoms. The van der Waals surface area contributed by atoms with E-state index in [0.29, 0.717) is 30.4 Å². The fourth-order valence-electron chi connectivity index (χ4n) is 3.33. The second kappa shape index (κ2) is 6.14. The Kier molecular flexibility index (Phi) is 4.19. The van der Waals surface area contributed by atoms with Crippen molar-refractivity contribution in [3.8, 4) is 0 Å². The van der Waals surface area contributed by atoms with Gasteiger partial charge in [-0.3, -0.25) is 4.79 Å². The number of nitrogens with zero attached hydrogens (tertiary/aromatic N) is 4. The van der Waals surface area contributed by atoms with Gasteiger partial charge in [0.15, 0.2) is 5.82 Å². The topological polar surface area (TPSA) is 85.3 Å². The second-order valence-corrected chi connectivity index (χ2v) is 6.05. The average Bonchev–Trinajstić information content (AvgIpc) is 3.25. The van der Waals surface area contributed by atoms with E-state index in [1.807, 2.05) is 32.6 Å². The molecule has 2 aromatic rings. The minimum atomic E-state index is -0.292. The number of aromatic nitrogens is 3. The number of carbonyl (C=O) groups excluding carboxylic acids is 1. The lowest BCUT2D eigenvalue weighted by atomic mass is 9.97. The molecule has 0 radical (unpaired) electrons. The highest BCUT2D eigenvalue weighted by Crippen LogP contribution is 2.34. The van der Waals surface area contributed by atoms with Crippen molar-refractivity contribution in [2.75, 3.05) is 6.54 Å². The maximum absolute atomic E-state index is 13.0. The van der Waals surface area contributed by atoms with Gasteiger partial charge in [0.25, 0.3) is 0 Å².